The van der Waals surface area contributed by atoms with Gasteiger partial charge in [0.2, 0.25) is 0 Å². The Bertz CT molecular complexity index is 440. The third kappa shape index (κ3) is 3.29. The molecule has 0 saturated carbocycles. The van der Waals surface area contributed by atoms with E-state index in [-0.39, 0.29) is 0 Å². The Hall–Kier alpha value is -0.960. The van der Waals surface area contributed by atoms with Crippen molar-refractivity contribution in [1.82, 2.24) is 0 Å². The van der Waals surface area contributed by atoms with Crippen LogP contribution in [0.25, 0.3) is 0 Å². The lowest BCUT2D eigenvalue weighted by Crippen LogP contribution is -2.10. The van der Waals surface area contributed by atoms with Crippen molar-refractivity contribution in [3.63, 3.8) is 0 Å². The van der Waals surface area contributed by atoms with Crippen molar-refractivity contribution in [2.24, 2.45) is 5.92 Å². The molecule has 18 heavy (non-hydrogen) atoms. The lowest BCUT2D eigenvalue weighted by Gasteiger charge is -2.14. The molecule has 2 nitrogen and oxygen atoms in total. The summed E-state index contributed by atoms with van der Waals surface area (Å²) < 4.78 is 0. The first-order valence-corrected chi connectivity index (χ1v) is 7.52. The molecular formula is C15H20O2S. The van der Waals surface area contributed by atoms with Crippen molar-refractivity contribution >= 4 is 17.7 Å². The minimum absolute atomic E-state index is 0.290. The van der Waals surface area contributed by atoms with E-state index in [2.05, 4.69) is 32.0 Å². The van der Waals surface area contributed by atoms with Gasteiger partial charge >= 0.3 is 5.97 Å². The van der Waals surface area contributed by atoms with Gasteiger partial charge in [0, 0.05) is 11.3 Å². The van der Waals surface area contributed by atoms with E-state index in [9.17, 15) is 4.79 Å². The topological polar surface area (TPSA) is 37.3 Å². The zero-order valence-electron chi connectivity index (χ0n) is 11.0. The van der Waals surface area contributed by atoms with E-state index in [1.54, 1.807) is 0 Å². The van der Waals surface area contributed by atoms with E-state index in [1.165, 1.54) is 16.0 Å². The highest BCUT2D eigenvalue weighted by molar-refractivity contribution is 7.99. The van der Waals surface area contributed by atoms with Crippen LogP contribution in [0, 0.1) is 5.92 Å². The standard InChI is InChI=1S/C15H20O2S/c1-10(2)12-3-4-14-13(9-12)7-11(5-6-18-14)8-15(16)17/h3-4,9-11H,5-8H2,1-2H3,(H,16,17). The number of rotatable bonds is 3. The second-order valence-corrected chi connectivity index (χ2v) is 6.46. The summed E-state index contributed by atoms with van der Waals surface area (Å²) in [5.41, 5.74) is 2.69. The Kier molecular flexibility index (Phi) is 4.33. The molecule has 0 aliphatic carbocycles. The molecule has 0 radical (unpaired) electrons. The van der Waals surface area contributed by atoms with E-state index in [0.29, 0.717) is 18.3 Å². The number of carbonyl (C=O) groups is 1. The molecule has 1 aromatic rings. The van der Waals surface area contributed by atoms with Crippen molar-refractivity contribution in [1.29, 1.82) is 0 Å². The average molecular weight is 264 g/mol. The van der Waals surface area contributed by atoms with Crippen LogP contribution in [0.4, 0.5) is 0 Å². The third-order valence-electron chi connectivity index (χ3n) is 3.51. The number of aliphatic carboxylic acids is 1. The molecule has 0 spiro atoms. The second kappa shape index (κ2) is 5.79. The van der Waals surface area contributed by atoms with Gasteiger partial charge in [-0.1, -0.05) is 26.0 Å². The van der Waals surface area contributed by atoms with Crippen molar-refractivity contribution in [3.05, 3.63) is 29.3 Å². The van der Waals surface area contributed by atoms with Crippen LogP contribution in [0.5, 0.6) is 0 Å². The van der Waals surface area contributed by atoms with Gasteiger partial charge in [0.05, 0.1) is 0 Å². The minimum Gasteiger partial charge on any atom is -0.481 e. The number of carboxylic acid groups (broad SMARTS) is 1. The maximum absolute atomic E-state index is 10.9. The largest absolute Gasteiger partial charge is 0.481 e. The van der Waals surface area contributed by atoms with E-state index in [0.717, 1.165) is 18.6 Å². The van der Waals surface area contributed by atoms with Crippen molar-refractivity contribution < 1.29 is 9.90 Å². The summed E-state index contributed by atoms with van der Waals surface area (Å²) in [5, 5.41) is 8.94. The molecular weight excluding hydrogens is 244 g/mol. The van der Waals surface area contributed by atoms with Gasteiger partial charge in [-0.2, -0.15) is 0 Å². The van der Waals surface area contributed by atoms with Crippen LogP contribution in [0.2, 0.25) is 0 Å². The molecule has 1 aromatic carbocycles. The molecule has 0 aromatic heterocycles. The van der Waals surface area contributed by atoms with Crippen molar-refractivity contribution in [2.45, 2.75) is 43.9 Å². The molecule has 1 unspecified atom stereocenters. The summed E-state index contributed by atoms with van der Waals surface area (Å²) in [6, 6.07) is 6.68. The molecule has 1 aliphatic heterocycles. The van der Waals surface area contributed by atoms with Gasteiger partial charge in [-0.05, 0) is 47.6 Å². The summed E-state index contributed by atoms with van der Waals surface area (Å²) >= 11 is 1.87. The molecule has 0 fully saturated rings. The fraction of sp³-hybridized carbons (Fsp3) is 0.533. The Morgan fingerprint density at radius 3 is 2.94 bits per heavy atom. The highest BCUT2D eigenvalue weighted by Crippen LogP contribution is 2.34. The van der Waals surface area contributed by atoms with Crippen LogP contribution in [-0.2, 0) is 11.2 Å². The molecule has 1 atom stereocenters. The molecule has 0 amide bonds. The molecule has 1 N–H and O–H groups in total. The van der Waals surface area contributed by atoms with Gasteiger partial charge in [-0.15, -0.1) is 11.8 Å². The van der Waals surface area contributed by atoms with Crippen LogP contribution >= 0.6 is 11.8 Å². The average Bonchev–Trinajstić information content (AvgIpc) is 2.48. The molecule has 0 bridgehead atoms. The number of carboxylic acids is 1. The molecule has 1 aliphatic rings. The summed E-state index contributed by atoms with van der Waals surface area (Å²) in [6.45, 7) is 4.39. The SMILES string of the molecule is CC(C)c1ccc2c(c1)CC(CC(=O)O)CCS2. The number of thioether (sulfide) groups is 1. The Labute approximate surface area is 113 Å². The predicted molar refractivity (Wildman–Crippen MR) is 75.3 cm³/mol. The summed E-state index contributed by atoms with van der Waals surface area (Å²) in [7, 11) is 0. The third-order valence-corrected chi connectivity index (χ3v) is 4.66. The maximum atomic E-state index is 10.9. The van der Waals surface area contributed by atoms with Crippen LogP contribution < -0.4 is 0 Å². The fourth-order valence-corrected chi connectivity index (χ4v) is 3.59. The highest BCUT2D eigenvalue weighted by Gasteiger charge is 2.20. The molecule has 0 saturated heterocycles. The number of benzene rings is 1. The Morgan fingerprint density at radius 1 is 1.50 bits per heavy atom. The number of fused-ring (bicyclic) bond motifs is 1. The van der Waals surface area contributed by atoms with Gasteiger partial charge < -0.3 is 5.11 Å². The van der Waals surface area contributed by atoms with Crippen molar-refractivity contribution in [2.75, 3.05) is 5.75 Å². The smallest absolute Gasteiger partial charge is 0.303 e. The summed E-state index contributed by atoms with van der Waals surface area (Å²) in [5.74, 6) is 1.18. The maximum Gasteiger partial charge on any atom is 0.303 e. The lowest BCUT2D eigenvalue weighted by molar-refractivity contribution is -0.138. The quantitative estimate of drug-likeness (QED) is 0.898. The van der Waals surface area contributed by atoms with E-state index in [1.807, 2.05) is 11.8 Å². The van der Waals surface area contributed by atoms with Gasteiger partial charge in [0.1, 0.15) is 0 Å². The molecule has 2 rings (SSSR count). The zero-order chi connectivity index (χ0) is 13.1. The van der Waals surface area contributed by atoms with Gasteiger partial charge in [-0.25, -0.2) is 0 Å². The summed E-state index contributed by atoms with van der Waals surface area (Å²) in [6.07, 6.45) is 2.21. The normalized spacial score (nSPS) is 19.4. The molecule has 98 valence electrons. The van der Waals surface area contributed by atoms with Crippen LogP contribution in [0.3, 0.4) is 0 Å². The first kappa shape index (κ1) is 13.5. The van der Waals surface area contributed by atoms with E-state index >= 15 is 0 Å². The molecule has 3 heteroatoms. The monoisotopic (exact) mass is 264 g/mol. The van der Waals surface area contributed by atoms with Gasteiger partial charge in [-0.3, -0.25) is 4.79 Å². The predicted octanol–water partition coefficient (Wildman–Crippen LogP) is 3.94. The van der Waals surface area contributed by atoms with Gasteiger partial charge in [0.15, 0.2) is 0 Å². The minimum atomic E-state index is -0.673. The number of hydrogen-bond acceptors (Lipinski definition) is 2. The first-order chi connectivity index (χ1) is 8.56. The van der Waals surface area contributed by atoms with Crippen LogP contribution in [-0.4, -0.2) is 16.8 Å². The zero-order valence-corrected chi connectivity index (χ0v) is 11.8. The van der Waals surface area contributed by atoms with Crippen LogP contribution in [0.1, 0.15) is 43.7 Å². The molecule has 1 heterocycles. The van der Waals surface area contributed by atoms with E-state index in [4.69, 9.17) is 5.11 Å². The Balaban J connectivity index is 2.22. The van der Waals surface area contributed by atoms with Crippen molar-refractivity contribution in [3.8, 4) is 0 Å². The Morgan fingerprint density at radius 2 is 2.28 bits per heavy atom. The first-order valence-electron chi connectivity index (χ1n) is 6.53. The van der Waals surface area contributed by atoms with Crippen LogP contribution in [0.15, 0.2) is 23.1 Å². The summed E-state index contributed by atoms with van der Waals surface area (Å²) in [4.78, 5) is 12.2. The second-order valence-electron chi connectivity index (χ2n) is 5.33. The highest BCUT2D eigenvalue weighted by atomic mass is 32.2. The fourth-order valence-electron chi connectivity index (χ4n) is 2.43. The van der Waals surface area contributed by atoms with E-state index < -0.39 is 5.97 Å². The van der Waals surface area contributed by atoms with Gasteiger partial charge in [0.25, 0.3) is 0 Å². The lowest BCUT2D eigenvalue weighted by atomic mass is 9.91. The number of hydrogen-bond donors (Lipinski definition) is 1.